The molecule has 0 N–H and O–H groups in total. The van der Waals surface area contributed by atoms with Gasteiger partial charge >= 0.3 is 0 Å². The van der Waals surface area contributed by atoms with Crippen molar-refractivity contribution in [3.05, 3.63) is 26.7 Å². The third kappa shape index (κ3) is 2.85. The lowest BCUT2D eigenvalue weighted by Crippen LogP contribution is -2.56. The number of ether oxygens (including phenoxy) is 1. The Morgan fingerprint density at radius 1 is 1.10 bits per heavy atom. The van der Waals surface area contributed by atoms with Gasteiger partial charge in [-0.1, -0.05) is 48.9 Å². The standard InChI is InChI=1S/C16H17BrCl2O2/c17-10-7-12(19)13(8-11(10)18)21-15-9-14(20)16(15)5-3-1-2-4-6-16/h7-8,15H,1-6,9H2. The van der Waals surface area contributed by atoms with E-state index < -0.39 is 0 Å². The fourth-order valence-electron chi connectivity index (χ4n) is 3.48. The first-order chi connectivity index (χ1) is 10.0. The van der Waals surface area contributed by atoms with Crippen LogP contribution in [0, 0.1) is 5.41 Å². The molecule has 0 bridgehead atoms. The summed E-state index contributed by atoms with van der Waals surface area (Å²) in [5.41, 5.74) is -0.278. The van der Waals surface area contributed by atoms with Gasteiger partial charge in [-0.3, -0.25) is 4.79 Å². The van der Waals surface area contributed by atoms with Crippen molar-refractivity contribution in [3.8, 4) is 5.75 Å². The summed E-state index contributed by atoms with van der Waals surface area (Å²) in [6.07, 6.45) is 6.97. The van der Waals surface area contributed by atoms with Crippen LogP contribution in [0.5, 0.6) is 5.75 Å². The minimum absolute atomic E-state index is 0.0576. The van der Waals surface area contributed by atoms with Gasteiger partial charge in [0.1, 0.15) is 17.6 Å². The van der Waals surface area contributed by atoms with Crippen molar-refractivity contribution in [2.45, 2.75) is 51.0 Å². The third-order valence-electron chi connectivity index (χ3n) is 4.78. The van der Waals surface area contributed by atoms with E-state index in [0.717, 1.165) is 30.2 Å². The second-order valence-electron chi connectivity index (χ2n) is 6.00. The van der Waals surface area contributed by atoms with Crippen LogP contribution in [0.4, 0.5) is 0 Å². The molecule has 3 rings (SSSR count). The molecule has 1 atom stereocenters. The van der Waals surface area contributed by atoms with Crippen molar-refractivity contribution in [2.24, 2.45) is 5.41 Å². The van der Waals surface area contributed by atoms with Crippen LogP contribution in [-0.2, 0) is 4.79 Å². The van der Waals surface area contributed by atoms with E-state index in [1.807, 2.05) is 0 Å². The summed E-state index contributed by atoms with van der Waals surface area (Å²) >= 11 is 15.7. The summed E-state index contributed by atoms with van der Waals surface area (Å²) in [7, 11) is 0. The van der Waals surface area contributed by atoms with E-state index in [1.165, 1.54) is 12.8 Å². The van der Waals surface area contributed by atoms with E-state index in [-0.39, 0.29) is 11.5 Å². The van der Waals surface area contributed by atoms with E-state index in [4.69, 9.17) is 27.9 Å². The van der Waals surface area contributed by atoms with E-state index in [9.17, 15) is 4.79 Å². The smallest absolute Gasteiger partial charge is 0.146 e. The van der Waals surface area contributed by atoms with Gasteiger partial charge in [0.15, 0.2) is 0 Å². The fourth-order valence-corrected chi connectivity index (χ4v) is 4.32. The molecule has 1 aromatic carbocycles. The molecule has 1 aromatic rings. The van der Waals surface area contributed by atoms with E-state index in [2.05, 4.69) is 15.9 Å². The molecular weight excluding hydrogens is 375 g/mol. The first kappa shape index (κ1) is 15.6. The van der Waals surface area contributed by atoms with Crippen LogP contribution in [0.15, 0.2) is 16.6 Å². The van der Waals surface area contributed by atoms with Gasteiger partial charge in [0.05, 0.1) is 15.5 Å². The summed E-state index contributed by atoms with van der Waals surface area (Å²) in [6, 6.07) is 3.46. The lowest BCUT2D eigenvalue weighted by atomic mass is 9.60. The van der Waals surface area contributed by atoms with Crippen LogP contribution in [0.3, 0.4) is 0 Å². The Kier molecular flexibility index (Phi) is 4.54. The normalized spacial score (nSPS) is 24.5. The minimum Gasteiger partial charge on any atom is -0.487 e. The summed E-state index contributed by atoms with van der Waals surface area (Å²) < 4.78 is 6.82. The Balaban J connectivity index is 1.81. The average molecular weight is 392 g/mol. The maximum absolute atomic E-state index is 12.2. The number of hydrogen-bond donors (Lipinski definition) is 0. The summed E-state index contributed by atoms with van der Waals surface area (Å²) in [6.45, 7) is 0. The van der Waals surface area contributed by atoms with Crippen molar-refractivity contribution in [1.82, 2.24) is 0 Å². The van der Waals surface area contributed by atoms with Crippen molar-refractivity contribution in [3.63, 3.8) is 0 Å². The van der Waals surface area contributed by atoms with Gasteiger partial charge in [0.2, 0.25) is 0 Å². The van der Waals surface area contributed by atoms with Crippen molar-refractivity contribution < 1.29 is 9.53 Å². The third-order valence-corrected chi connectivity index (χ3v) is 6.27. The van der Waals surface area contributed by atoms with Crippen LogP contribution >= 0.6 is 39.1 Å². The Hall–Kier alpha value is -0.250. The fraction of sp³-hybridized carbons (Fsp3) is 0.562. The number of carbonyl (C=O) groups is 1. The highest BCUT2D eigenvalue weighted by Gasteiger charge is 2.55. The molecule has 0 aromatic heterocycles. The summed E-state index contributed by atoms with van der Waals surface area (Å²) in [4.78, 5) is 12.2. The molecule has 0 amide bonds. The predicted molar refractivity (Wildman–Crippen MR) is 88.3 cm³/mol. The molecule has 2 saturated carbocycles. The molecule has 1 unspecified atom stereocenters. The van der Waals surface area contributed by atoms with Gasteiger partial charge in [-0.25, -0.2) is 0 Å². The first-order valence-electron chi connectivity index (χ1n) is 7.37. The Labute approximate surface area is 143 Å². The van der Waals surface area contributed by atoms with Crippen LogP contribution in [0.2, 0.25) is 10.0 Å². The van der Waals surface area contributed by atoms with Crippen molar-refractivity contribution in [2.75, 3.05) is 0 Å². The number of carbonyl (C=O) groups excluding carboxylic acids is 1. The van der Waals surface area contributed by atoms with Gasteiger partial charge < -0.3 is 4.74 Å². The van der Waals surface area contributed by atoms with Gasteiger partial charge in [-0.05, 0) is 34.8 Å². The maximum Gasteiger partial charge on any atom is 0.146 e. The van der Waals surface area contributed by atoms with Crippen molar-refractivity contribution >= 4 is 44.9 Å². The highest BCUT2D eigenvalue weighted by molar-refractivity contribution is 9.10. The predicted octanol–water partition coefficient (Wildman–Crippen LogP) is 5.82. The van der Waals surface area contributed by atoms with Gasteiger partial charge in [0.25, 0.3) is 0 Å². The molecular formula is C16H17BrCl2O2. The Bertz CT molecular complexity index is 566. The zero-order chi connectivity index (χ0) is 15.0. The largest absolute Gasteiger partial charge is 0.487 e. The monoisotopic (exact) mass is 390 g/mol. The van der Waals surface area contributed by atoms with E-state index in [0.29, 0.717) is 28.0 Å². The molecule has 0 aliphatic heterocycles. The molecule has 114 valence electrons. The van der Waals surface area contributed by atoms with Gasteiger partial charge in [-0.2, -0.15) is 0 Å². The zero-order valence-electron chi connectivity index (χ0n) is 11.6. The molecule has 5 heteroatoms. The average Bonchev–Trinajstić information content (AvgIpc) is 2.72. The van der Waals surface area contributed by atoms with Crippen molar-refractivity contribution in [1.29, 1.82) is 0 Å². The molecule has 2 aliphatic rings. The number of rotatable bonds is 2. The zero-order valence-corrected chi connectivity index (χ0v) is 14.7. The van der Waals surface area contributed by atoms with Crippen LogP contribution in [0.1, 0.15) is 44.9 Å². The topological polar surface area (TPSA) is 26.3 Å². The number of hydrogen-bond acceptors (Lipinski definition) is 2. The van der Waals surface area contributed by atoms with Crippen LogP contribution in [0.25, 0.3) is 0 Å². The molecule has 0 saturated heterocycles. The second kappa shape index (κ2) is 6.10. The van der Waals surface area contributed by atoms with Crippen LogP contribution in [-0.4, -0.2) is 11.9 Å². The SMILES string of the molecule is O=C1CC(Oc2cc(Cl)c(Br)cc2Cl)C12CCCCCC2. The van der Waals surface area contributed by atoms with E-state index >= 15 is 0 Å². The molecule has 2 aliphatic carbocycles. The lowest BCUT2D eigenvalue weighted by Gasteiger charge is -2.47. The number of halogens is 3. The molecule has 0 heterocycles. The van der Waals surface area contributed by atoms with Crippen LogP contribution < -0.4 is 4.74 Å². The molecule has 2 fully saturated rings. The summed E-state index contributed by atoms with van der Waals surface area (Å²) in [5.74, 6) is 0.930. The highest BCUT2D eigenvalue weighted by Crippen LogP contribution is 2.50. The van der Waals surface area contributed by atoms with Gasteiger partial charge in [-0.15, -0.1) is 0 Å². The quantitative estimate of drug-likeness (QED) is 0.594. The molecule has 21 heavy (non-hydrogen) atoms. The Morgan fingerprint density at radius 2 is 1.76 bits per heavy atom. The molecule has 0 radical (unpaired) electrons. The van der Waals surface area contributed by atoms with E-state index in [1.54, 1.807) is 12.1 Å². The Morgan fingerprint density at radius 3 is 2.38 bits per heavy atom. The number of ketones is 1. The second-order valence-corrected chi connectivity index (χ2v) is 7.67. The minimum atomic E-state index is -0.278. The molecule has 1 spiro atoms. The first-order valence-corrected chi connectivity index (χ1v) is 8.92. The molecule has 2 nitrogen and oxygen atoms in total. The van der Waals surface area contributed by atoms with Gasteiger partial charge in [0, 0.05) is 17.0 Å². The summed E-state index contributed by atoms with van der Waals surface area (Å²) in [5, 5.41) is 1.09. The number of benzene rings is 1. The lowest BCUT2D eigenvalue weighted by molar-refractivity contribution is -0.154. The highest BCUT2D eigenvalue weighted by atomic mass is 79.9. The maximum atomic E-state index is 12.2. The number of Topliss-reactive ketones (excluding diaryl/α,β-unsaturated/α-hetero) is 1.